The van der Waals surface area contributed by atoms with Gasteiger partial charge in [0.05, 0.1) is 0 Å². The fourth-order valence-corrected chi connectivity index (χ4v) is 0.156. The van der Waals surface area contributed by atoms with E-state index in [0.717, 1.165) is 0 Å². The molecule has 0 saturated heterocycles. The molecule has 0 fully saturated rings. The zero-order chi connectivity index (χ0) is 7.54. The van der Waals surface area contributed by atoms with E-state index in [0.29, 0.717) is 0 Å². The molecule has 0 N–H and O–H groups in total. The summed E-state index contributed by atoms with van der Waals surface area (Å²) in [4.78, 5) is 0. The normalized spacial score (nSPS) is 6.00. The summed E-state index contributed by atoms with van der Waals surface area (Å²) < 4.78 is 15.0. The minimum atomic E-state index is 0. The maximum Gasteiger partial charge on any atom is 0 e. The van der Waals surface area contributed by atoms with Crippen molar-refractivity contribution in [1.82, 2.24) is 0 Å². The Hall–Kier alpha value is -0.934. The molecular formula is C7CoO2-. The Morgan fingerprint density at radius 1 is 1.00 bits per heavy atom. The molecule has 0 bridgehead atoms. The summed E-state index contributed by atoms with van der Waals surface area (Å²) >= 11 is 0. The van der Waals surface area contributed by atoms with Gasteiger partial charge in [-0.3, -0.25) is 11.5 Å². The van der Waals surface area contributed by atoms with Crippen molar-refractivity contribution in [3.8, 4) is 0 Å². The minimum Gasteiger partial charge on any atom is -0.288 e. The largest absolute Gasteiger partial charge is 0.288 e. The first-order chi connectivity index (χ1) is 4.50. The van der Waals surface area contributed by atoms with Gasteiger partial charge < -0.3 is 0 Å². The molecule has 0 aromatic carbocycles. The fraction of sp³-hybridized carbons (Fsp3) is 0. The van der Waals surface area contributed by atoms with Crippen molar-refractivity contribution in [2.24, 2.45) is 0 Å². The maximum absolute atomic E-state index is 7.50. The second-order valence-electron chi connectivity index (χ2n) is 0.625. The van der Waals surface area contributed by atoms with Crippen molar-refractivity contribution in [3.63, 3.8) is 0 Å². The van der Waals surface area contributed by atoms with Crippen LogP contribution in [0.1, 0.15) is 0 Å². The van der Waals surface area contributed by atoms with Gasteiger partial charge in [0.15, 0.2) is 0 Å². The van der Waals surface area contributed by atoms with E-state index in [4.69, 9.17) is 9.30 Å². The van der Waals surface area contributed by atoms with Crippen LogP contribution in [0.15, 0.2) is 17.2 Å². The van der Waals surface area contributed by atoms with Gasteiger partial charge in [-0.2, -0.15) is 0 Å². The Morgan fingerprint density at radius 3 is 1.60 bits per heavy atom. The Balaban J connectivity index is -0.0000000875. The van der Waals surface area contributed by atoms with E-state index in [9.17, 15) is 0 Å². The van der Waals surface area contributed by atoms with Gasteiger partial charge in [-0.25, -0.2) is 5.73 Å². The van der Waals surface area contributed by atoms with Crippen LogP contribution in [-0.2, 0) is 26.1 Å². The van der Waals surface area contributed by atoms with Crippen molar-refractivity contribution in [3.05, 3.63) is 42.6 Å². The molecule has 1 rings (SSSR count). The van der Waals surface area contributed by atoms with E-state index in [1.807, 2.05) is 0 Å². The van der Waals surface area contributed by atoms with Gasteiger partial charge in [0, 0.05) is 16.8 Å². The average molecular weight is 175 g/mol. The monoisotopic (exact) mass is 175 g/mol. The van der Waals surface area contributed by atoms with Gasteiger partial charge in [-0.05, 0) is 0 Å². The summed E-state index contributed by atoms with van der Waals surface area (Å²) in [6.07, 6.45) is 5.00. The molecule has 0 heterocycles. The van der Waals surface area contributed by atoms with E-state index < -0.39 is 0 Å². The second kappa shape index (κ2) is 24.4. The summed E-state index contributed by atoms with van der Waals surface area (Å²) in [5, 5.41) is 0. The Labute approximate surface area is 69.3 Å². The van der Waals surface area contributed by atoms with E-state index in [1.54, 1.807) is 0 Å². The molecule has 0 saturated carbocycles. The van der Waals surface area contributed by atoms with E-state index in [-0.39, 0.29) is 16.8 Å². The summed E-state index contributed by atoms with van der Waals surface area (Å²) in [6, 6.07) is 0. The summed E-state index contributed by atoms with van der Waals surface area (Å²) in [5.41, 5.74) is 7.50. The molecule has 0 spiro atoms. The third-order valence-electron chi connectivity index (χ3n) is 0.312. The molecule has 2 nitrogen and oxygen atoms in total. The molecule has 1 aliphatic rings. The zero-order valence-corrected chi connectivity index (χ0v) is 5.69. The predicted octanol–water partition coefficient (Wildman–Crippen LogP) is 0.550. The molecule has 0 unspecified atom stereocenters. The third-order valence-corrected chi connectivity index (χ3v) is 0.312. The summed E-state index contributed by atoms with van der Waals surface area (Å²) in [5.74, 6) is 0. The third kappa shape index (κ3) is 15.7. The molecule has 3 heteroatoms. The molecule has 0 atom stereocenters. The second-order valence-corrected chi connectivity index (χ2v) is 0.625. The molecular weight excluding hydrogens is 175 g/mol. The molecule has 50 valence electrons. The molecule has 0 aromatic heterocycles. The number of rotatable bonds is 0. The summed E-state index contributed by atoms with van der Waals surface area (Å²) in [6.45, 7) is 9.00. The standard InChI is InChI=1S/C5.2CO.Co/c1-2-4-5-3-1;2*1-2;/q-1;;;. The molecule has 0 aromatic rings. The quantitative estimate of drug-likeness (QED) is 0.293. The van der Waals surface area contributed by atoms with Crippen LogP contribution in [0.4, 0.5) is 0 Å². The minimum absolute atomic E-state index is 0. The topological polar surface area (TPSA) is 39.8 Å². The van der Waals surface area contributed by atoms with Crippen LogP contribution in [0, 0.1) is 25.5 Å². The van der Waals surface area contributed by atoms with Crippen molar-refractivity contribution in [2.75, 3.05) is 0 Å². The summed E-state index contributed by atoms with van der Waals surface area (Å²) in [7, 11) is 0. The molecule has 0 amide bonds. The van der Waals surface area contributed by atoms with Crippen LogP contribution in [0.2, 0.25) is 0 Å². The van der Waals surface area contributed by atoms with Crippen LogP contribution < -0.4 is 0 Å². The van der Waals surface area contributed by atoms with Crippen molar-refractivity contribution >= 4 is 0 Å². The Morgan fingerprint density at radius 2 is 1.50 bits per heavy atom. The van der Waals surface area contributed by atoms with E-state index >= 15 is 0 Å². The van der Waals surface area contributed by atoms with Crippen molar-refractivity contribution < 1.29 is 26.1 Å². The molecule has 0 aliphatic heterocycles. The van der Waals surface area contributed by atoms with E-state index in [2.05, 4.69) is 42.6 Å². The van der Waals surface area contributed by atoms with Crippen molar-refractivity contribution in [1.29, 1.82) is 0 Å². The Kier molecular flexibility index (Phi) is 39.0. The molecule has 2 radical (unpaired) electrons. The van der Waals surface area contributed by atoms with Gasteiger partial charge in [0.1, 0.15) is 0 Å². The van der Waals surface area contributed by atoms with Gasteiger partial charge in [-0.15, -0.1) is 12.2 Å². The first-order valence-electron chi connectivity index (χ1n) is 1.66. The van der Waals surface area contributed by atoms with Crippen LogP contribution in [-0.4, -0.2) is 0 Å². The number of hydrogen-bond acceptors (Lipinski definition) is 0. The molecule has 10 heavy (non-hydrogen) atoms. The first-order valence-corrected chi connectivity index (χ1v) is 1.66. The van der Waals surface area contributed by atoms with E-state index in [1.165, 1.54) is 0 Å². The van der Waals surface area contributed by atoms with Crippen LogP contribution in [0.5, 0.6) is 0 Å². The van der Waals surface area contributed by atoms with Crippen LogP contribution >= 0.6 is 0 Å². The average Bonchev–Trinajstić information content (AvgIpc) is 2.51. The maximum atomic E-state index is 7.50. The molecule has 1 aliphatic carbocycles. The Bertz CT molecular complexity index is 196. The van der Waals surface area contributed by atoms with Gasteiger partial charge >= 0.3 is 22.6 Å². The van der Waals surface area contributed by atoms with Gasteiger partial charge in [0.25, 0.3) is 0 Å². The smallest absolute Gasteiger partial charge is 0 e. The SMILES string of the molecule is [C-]#[O+].[C-]#[O+].[C]1=C=C=C=[C-]1.[Co]. The van der Waals surface area contributed by atoms with Gasteiger partial charge in [-0.1, -0.05) is 0 Å². The van der Waals surface area contributed by atoms with Crippen molar-refractivity contribution in [2.45, 2.75) is 0 Å². The predicted molar refractivity (Wildman–Crippen MR) is 24.9 cm³/mol. The zero-order valence-electron chi connectivity index (χ0n) is 4.65. The first kappa shape index (κ1) is 16.0. The van der Waals surface area contributed by atoms with Gasteiger partial charge in [0.2, 0.25) is 0 Å². The van der Waals surface area contributed by atoms with Crippen LogP contribution in [0.25, 0.3) is 0 Å². The number of allylic oxidation sites excluding steroid dienone is 2. The number of hydrogen-bond donors (Lipinski definition) is 0. The fourth-order valence-electron chi connectivity index (χ4n) is 0.156. The van der Waals surface area contributed by atoms with Crippen LogP contribution in [0.3, 0.4) is 0 Å².